The minimum Gasteiger partial charge on any atom is -0.299 e. The Morgan fingerprint density at radius 1 is 1.17 bits per heavy atom. The van der Waals surface area contributed by atoms with Gasteiger partial charge in [-0.05, 0) is 61.8 Å². The number of ketones is 1. The predicted molar refractivity (Wildman–Crippen MR) is 71.2 cm³/mol. The van der Waals surface area contributed by atoms with Crippen LogP contribution in [-0.4, -0.2) is 5.78 Å². The minimum absolute atomic E-state index is 0.0636. The van der Waals surface area contributed by atoms with Crippen molar-refractivity contribution in [1.29, 1.82) is 0 Å². The highest BCUT2D eigenvalue weighted by Gasteiger charge is 2.64. The summed E-state index contributed by atoms with van der Waals surface area (Å²) in [5.74, 6) is 3.39. The van der Waals surface area contributed by atoms with Gasteiger partial charge in [0.25, 0.3) is 0 Å². The molecule has 0 radical (unpaired) electrons. The smallest absolute Gasteiger partial charge is 0.136 e. The zero-order chi connectivity index (χ0) is 12.3. The topological polar surface area (TPSA) is 17.1 Å². The van der Waals surface area contributed by atoms with Gasteiger partial charge in [-0.25, -0.2) is 0 Å². The Hall–Kier alpha value is -1.11. The van der Waals surface area contributed by atoms with Crippen molar-refractivity contribution in [2.75, 3.05) is 0 Å². The van der Waals surface area contributed by atoms with Gasteiger partial charge in [0, 0.05) is 5.41 Å². The molecule has 0 heterocycles. The Labute approximate surface area is 109 Å². The van der Waals surface area contributed by atoms with Gasteiger partial charge in [0.2, 0.25) is 0 Å². The maximum Gasteiger partial charge on any atom is 0.136 e. The first-order valence-corrected chi connectivity index (χ1v) is 7.27. The summed E-state index contributed by atoms with van der Waals surface area (Å²) in [6.45, 7) is 1.84. The van der Waals surface area contributed by atoms with Gasteiger partial charge in [0.05, 0.1) is 0 Å². The molecule has 0 spiro atoms. The van der Waals surface area contributed by atoms with Gasteiger partial charge in [-0.2, -0.15) is 0 Å². The van der Waals surface area contributed by atoms with Gasteiger partial charge in [-0.3, -0.25) is 4.79 Å². The second-order valence-corrected chi connectivity index (χ2v) is 6.76. The summed E-state index contributed by atoms with van der Waals surface area (Å²) in [6.07, 6.45) is 5.02. The third kappa shape index (κ3) is 1.20. The molecule has 5 rings (SSSR count). The highest BCUT2D eigenvalue weighted by Crippen LogP contribution is 2.70. The Kier molecular flexibility index (Phi) is 2.07. The standard InChI is InChI=1S/C17H20O/c1-11(18)17-9-12-7-14(10-17)16(15(17)8-12)13-5-3-2-4-6-13/h2-6,12,14-16H,7-10H2,1H3. The second kappa shape index (κ2) is 3.46. The molecule has 1 aromatic carbocycles. The van der Waals surface area contributed by atoms with E-state index < -0.39 is 0 Å². The van der Waals surface area contributed by atoms with Crippen LogP contribution in [0.25, 0.3) is 0 Å². The van der Waals surface area contributed by atoms with Gasteiger partial charge in [0.1, 0.15) is 5.78 Å². The summed E-state index contributed by atoms with van der Waals surface area (Å²) in [4.78, 5) is 12.2. The number of hydrogen-bond acceptors (Lipinski definition) is 1. The van der Waals surface area contributed by atoms with Crippen LogP contribution in [0.15, 0.2) is 30.3 Å². The molecule has 0 N–H and O–H groups in total. The first-order chi connectivity index (χ1) is 8.71. The van der Waals surface area contributed by atoms with E-state index in [1.807, 2.05) is 6.92 Å². The molecule has 4 fully saturated rings. The van der Waals surface area contributed by atoms with E-state index in [2.05, 4.69) is 30.3 Å². The molecule has 4 aliphatic rings. The van der Waals surface area contributed by atoms with Crippen LogP contribution < -0.4 is 0 Å². The normalized spacial score (nSPS) is 44.5. The lowest BCUT2D eigenvalue weighted by Gasteiger charge is -2.32. The lowest BCUT2D eigenvalue weighted by atomic mass is 9.72. The van der Waals surface area contributed by atoms with Gasteiger partial charge >= 0.3 is 0 Å². The summed E-state index contributed by atoms with van der Waals surface area (Å²) in [7, 11) is 0. The Morgan fingerprint density at radius 2 is 1.94 bits per heavy atom. The summed E-state index contributed by atoms with van der Waals surface area (Å²) in [6, 6.07) is 10.9. The van der Waals surface area contributed by atoms with Crippen molar-refractivity contribution >= 4 is 5.78 Å². The van der Waals surface area contributed by atoms with Gasteiger partial charge in [-0.1, -0.05) is 30.3 Å². The molecule has 1 heteroatoms. The zero-order valence-electron chi connectivity index (χ0n) is 10.9. The zero-order valence-corrected chi connectivity index (χ0v) is 10.9. The highest BCUT2D eigenvalue weighted by molar-refractivity contribution is 5.84. The maximum atomic E-state index is 12.2. The van der Waals surface area contributed by atoms with Gasteiger partial charge in [-0.15, -0.1) is 0 Å². The summed E-state index contributed by atoms with van der Waals surface area (Å²) >= 11 is 0. The maximum absolute atomic E-state index is 12.2. The molecule has 0 saturated heterocycles. The van der Waals surface area contributed by atoms with Crippen molar-refractivity contribution in [2.24, 2.45) is 23.2 Å². The number of hydrogen-bond donors (Lipinski definition) is 0. The first-order valence-electron chi connectivity index (χ1n) is 7.27. The Balaban J connectivity index is 1.78. The average molecular weight is 240 g/mol. The first kappa shape index (κ1) is 10.8. The second-order valence-electron chi connectivity index (χ2n) is 6.76. The van der Waals surface area contributed by atoms with E-state index in [1.165, 1.54) is 31.2 Å². The molecule has 0 aromatic heterocycles. The van der Waals surface area contributed by atoms with Gasteiger partial charge in [0.15, 0.2) is 0 Å². The van der Waals surface area contributed by atoms with Gasteiger partial charge < -0.3 is 0 Å². The molecule has 4 saturated carbocycles. The van der Waals surface area contributed by atoms with E-state index in [0.29, 0.717) is 17.6 Å². The molecule has 0 aliphatic heterocycles. The molecule has 1 nitrogen and oxygen atoms in total. The average Bonchev–Trinajstić information content (AvgIpc) is 2.76. The van der Waals surface area contributed by atoms with Crippen LogP contribution in [0.3, 0.4) is 0 Å². The summed E-state index contributed by atoms with van der Waals surface area (Å²) < 4.78 is 0. The molecular weight excluding hydrogens is 220 g/mol. The largest absolute Gasteiger partial charge is 0.299 e. The number of rotatable bonds is 2. The predicted octanol–water partition coefficient (Wildman–Crippen LogP) is 3.80. The molecule has 5 unspecified atom stereocenters. The van der Waals surface area contributed by atoms with Crippen LogP contribution in [-0.2, 0) is 4.79 Å². The van der Waals surface area contributed by atoms with Crippen LogP contribution >= 0.6 is 0 Å². The van der Waals surface area contributed by atoms with E-state index in [0.717, 1.165) is 11.8 Å². The van der Waals surface area contributed by atoms with Crippen molar-refractivity contribution in [3.05, 3.63) is 35.9 Å². The number of benzene rings is 1. The van der Waals surface area contributed by atoms with Crippen molar-refractivity contribution in [2.45, 2.75) is 38.5 Å². The molecule has 94 valence electrons. The summed E-state index contributed by atoms with van der Waals surface area (Å²) in [5, 5.41) is 0. The number of carbonyl (C=O) groups excluding carboxylic acids is 1. The van der Waals surface area contributed by atoms with E-state index in [1.54, 1.807) is 0 Å². The molecular formula is C17H20O. The summed E-state index contributed by atoms with van der Waals surface area (Å²) in [5.41, 5.74) is 1.55. The van der Waals surface area contributed by atoms with E-state index in [-0.39, 0.29) is 5.41 Å². The fraction of sp³-hybridized carbons (Fsp3) is 0.588. The van der Waals surface area contributed by atoms with Crippen LogP contribution in [0.4, 0.5) is 0 Å². The molecule has 18 heavy (non-hydrogen) atoms. The van der Waals surface area contributed by atoms with Crippen LogP contribution in [0, 0.1) is 23.2 Å². The van der Waals surface area contributed by atoms with E-state index >= 15 is 0 Å². The van der Waals surface area contributed by atoms with Crippen molar-refractivity contribution < 1.29 is 4.79 Å². The molecule has 4 aliphatic carbocycles. The van der Waals surface area contributed by atoms with Crippen molar-refractivity contribution in [1.82, 2.24) is 0 Å². The fourth-order valence-electron chi connectivity index (χ4n) is 5.55. The molecule has 4 bridgehead atoms. The third-order valence-electron chi connectivity index (χ3n) is 6.04. The molecule has 5 atom stereocenters. The molecule has 0 amide bonds. The number of carbonyl (C=O) groups is 1. The highest BCUT2D eigenvalue weighted by atomic mass is 16.1. The Morgan fingerprint density at radius 3 is 2.67 bits per heavy atom. The minimum atomic E-state index is 0.0636. The lowest BCUT2D eigenvalue weighted by molar-refractivity contribution is -0.128. The van der Waals surface area contributed by atoms with Crippen LogP contribution in [0.2, 0.25) is 0 Å². The van der Waals surface area contributed by atoms with E-state index in [4.69, 9.17) is 0 Å². The van der Waals surface area contributed by atoms with Crippen LogP contribution in [0.5, 0.6) is 0 Å². The SMILES string of the molecule is CC(=O)C12CC3CC(C1)C(c1ccccc1)C2C3. The van der Waals surface area contributed by atoms with Crippen LogP contribution in [0.1, 0.15) is 44.1 Å². The Bertz CT molecular complexity index is 492. The quantitative estimate of drug-likeness (QED) is 0.768. The lowest BCUT2D eigenvalue weighted by Crippen LogP contribution is -2.30. The third-order valence-corrected chi connectivity index (χ3v) is 6.04. The number of Topliss-reactive ketones (excluding diaryl/α,β-unsaturated/α-hetero) is 1. The van der Waals surface area contributed by atoms with Crippen molar-refractivity contribution in [3.8, 4) is 0 Å². The fourth-order valence-corrected chi connectivity index (χ4v) is 5.55. The van der Waals surface area contributed by atoms with E-state index in [9.17, 15) is 4.79 Å². The monoisotopic (exact) mass is 240 g/mol. The molecule has 1 aromatic rings. The van der Waals surface area contributed by atoms with Crippen molar-refractivity contribution in [3.63, 3.8) is 0 Å².